The second-order valence-corrected chi connectivity index (χ2v) is 8.47. The van der Waals surface area contributed by atoms with Crippen LogP contribution in [0.25, 0.3) is 0 Å². The van der Waals surface area contributed by atoms with Gasteiger partial charge in [-0.2, -0.15) is 0 Å². The smallest absolute Gasteiger partial charge is 0.470 e. The third-order valence-corrected chi connectivity index (χ3v) is 5.72. The Kier molecular flexibility index (Phi) is 7.59. The highest BCUT2D eigenvalue weighted by Crippen LogP contribution is 2.26. The van der Waals surface area contributed by atoms with E-state index in [-0.39, 0.29) is 17.4 Å². The maximum Gasteiger partial charge on any atom is 0.470 e. The van der Waals surface area contributed by atoms with E-state index in [0.29, 0.717) is 35.4 Å². The molecule has 1 fully saturated rings. The highest BCUT2D eigenvalue weighted by molar-refractivity contribution is 6.31. The number of hydrogen-bond donors (Lipinski definition) is 5. The van der Waals surface area contributed by atoms with Gasteiger partial charge in [0, 0.05) is 19.3 Å². The number of piperidine rings is 1. The lowest BCUT2D eigenvalue weighted by molar-refractivity contribution is -0.542. The monoisotopic (exact) mass is 445 g/mol. The lowest BCUT2D eigenvalue weighted by atomic mass is 10.0. The summed E-state index contributed by atoms with van der Waals surface area (Å²) in [6.07, 6.45) is 4.20. The number of carbonyl (C=O) groups is 1. The SMILES string of the molecule is CN1CCC(OC2=C(NC(=O)C(C3=[N+]=CC(Cl)C[NH2+]3)C(N)N)CNC=C2Cl)CC1. The van der Waals surface area contributed by atoms with Crippen LogP contribution in [-0.4, -0.2) is 73.7 Å². The highest BCUT2D eigenvalue weighted by Gasteiger charge is 2.42. The number of nitrogens with two attached hydrogens (primary N) is 3. The van der Waals surface area contributed by atoms with Crippen LogP contribution in [-0.2, 0) is 9.53 Å². The first kappa shape index (κ1) is 22.1. The summed E-state index contributed by atoms with van der Waals surface area (Å²) in [5.74, 6) is -0.168. The van der Waals surface area contributed by atoms with Gasteiger partial charge in [0.05, 0.1) is 18.4 Å². The molecule has 3 aliphatic rings. The van der Waals surface area contributed by atoms with E-state index >= 15 is 0 Å². The lowest BCUT2D eigenvalue weighted by Gasteiger charge is -2.31. The summed E-state index contributed by atoms with van der Waals surface area (Å²) in [4.78, 5) is 15.3. The maximum atomic E-state index is 13.0. The minimum atomic E-state index is -0.910. The summed E-state index contributed by atoms with van der Waals surface area (Å²) in [6, 6.07) is 0. The molecule has 3 heterocycles. The second kappa shape index (κ2) is 9.95. The van der Waals surface area contributed by atoms with Gasteiger partial charge in [-0.3, -0.25) is 4.79 Å². The zero-order valence-corrected chi connectivity index (χ0v) is 17.9. The highest BCUT2D eigenvalue weighted by atomic mass is 35.5. The molecule has 0 aliphatic carbocycles. The molecule has 29 heavy (non-hydrogen) atoms. The van der Waals surface area contributed by atoms with Crippen LogP contribution in [0.3, 0.4) is 0 Å². The molecular weight excluding hydrogens is 417 g/mol. The van der Waals surface area contributed by atoms with Gasteiger partial charge in [0.25, 0.3) is 6.21 Å². The van der Waals surface area contributed by atoms with Crippen molar-refractivity contribution in [1.82, 2.24) is 20.2 Å². The van der Waals surface area contributed by atoms with Gasteiger partial charge >= 0.3 is 5.84 Å². The molecule has 1 saturated heterocycles. The van der Waals surface area contributed by atoms with Crippen molar-refractivity contribution < 1.29 is 14.8 Å². The Hall–Kier alpha value is -1.58. The van der Waals surface area contributed by atoms with Crippen molar-refractivity contribution >= 4 is 41.2 Å². The molecule has 2 atom stereocenters. The van der Waals surface area contributed by atoms with E-state index in [1.165, 1.54) is 0 Å². The summed E-state index contributed by atoms with van der Waals surface area (Å²) in [5.41, 5.74) is 12.4. The van der Waals surface area contributed by atoms with Gasteiger partial charge in [0.1, 0.15) is 17.7 Å². The van der Waals surface area contributed by atoms with Crippen molar-refractivity contribution in [3.05, 3.63) is 22.7 Å². The summed E-state index contributed by atoms with van der Waals surface area (Å²) < 4.78 is 10.4. The molecule has 2 unspecified atom stereocenters. The Balaban J connectivity index is 1.77. The van der Waals surface area contributed by atoms with Crippen molar-refractivity contribution in [2.45, 2.75) is 30.5 Å². The van der Waals surface area contributed by atoms with Crippen LogP contribution in [0.4, 0.5) is 0 Å². The van der Waals surface area contributed by atoms with E-state index in [1.54, 1.807) is 17.7 Å². The Morgan fingerprint density at radius 1 is 1.45 bits per heavy atom. The van der Waals surface area contributed by atoms with Gasteiger partial charge < -0.3 is 31.7 Å². The Bertz CT molecular complexity index is 753. The van der Waals surface area contributed by atoms with E-state index in [0.717, 1.165) is 25.9 Å². The first-order valence-corrected chi connectivity index (χ1v) is 10.5. The second-order valence-electron chi connectivity index (χ2n) is 7.50. The van der Waals surface area contributed by atoms with Crippen molar-refractivity contribution in [2.24, 2.45) is 17.4 Å². The van der Waals surface area contributed by atoms with E-state index in [1.807, 2.05) is 0 Å². The number of amidine groups is 1. The van der Waals surface area contributed by atoms with Crippen LogP contribution in [0.15, 0.2) is 22.7 Å². The van der Waals surface area contributed by atoms with E-state index in [9.17, 15) is 4.79 Å². The first-order chi connectivity index (χ1) is 13.8. The Morgan fingerprint density at radius 3 is 2.79 bits per heavy atom. The van der Waals surface area contributed by atoms with Gasteiger partial charge in [-0.25, -0.2) is 5.32 Å². The quantitative estimate of drug-likeness (QED) is 0.177. The van der Waals surface area contributed by atoms with Crippen LogP contribution < -0.4 is 32.1 Å². The van der Waals surface area contributed by atoms with Crippen LogP contribution in [0, 0.1) is 5.92 Å². The van der Waals surface area contributed by atoms with Crippen molar-refractivity contribution in [3.63, 3.8) is 0 Å². The molecule has 0 aromatic carbocycles. The number of ether oxygens (including phenoxy) is 1. The third-order valence-electron chi connectivity index (χ3n) is 5.15. The van der Waals surface area contributed by atoms with Crippen LogP contribution in [0.2, 0.25) is 0 Å². The summed E-state index contributed by atoms with van der Waals surface area (Å²) in [6.45, 7) is 2.86. The van der Waals surface area contributed by atoms with Gasteiger partial charge in [-0.05, 0) is 24.6 Å². The number of dihydropyridines is 1. The normalized spacial score (nSPS) is 24.7. The number of carbonyl (C=O) groups excluding carboxylic acids is 1. The number of rotatable bonds is 6. The fourth-order valence-electron chi connectivity index (χ4n) is 3.48. The van der Waals surface area contributed by atoms with Gasteiger partial charge in [0.2, 0.25) is 11.8 Å². The molecule has 1 amide bonds. The van der Waals surface area contributed by atoms with Crippen LogP contribution in [0.5, 0.6) is 0 Å². The number of alkyl halides is 1. The maximum absolute atomic E-state index is 13.0. The van der Waals surface area contributed by atoms with Gasteiger partial charge in [-0.15, -0.1) is 11.6 Å². The molecule has 0 radical (unpaired) electrons. The van der Waals surface area contributed by atoms with E-state index in [4.69, 9.17) is 39.4 Å². The van der Waals surface area contributed by atoms with Gasteiger partial charge in [-0.1, -0.05) is 11.6 Å². The fraction of sp³-hybridized carbons (Fsp3) is 0.611. The Morgan fingerprint density at radius 2 is 2.17 bits per heavy atom. The largest absolute Gasteiger partial charge is 0.487 e. The molecular formula is C18H29Cl2N7O2+2. The molecule has 0 aromatic rings. The van der Waals surface area contributed by atoms with Crippen LogP contribution in [0.1, 0.15) is 12.8 Å². The average Bonchev–Trinajstić information content (AvgIpc) is 2.67. The molecule has 0 aromatic heterocycles. The third kappa shape index (κ3) is 5.73. The van der Waals surface area contributed by atoms with Crippen LogP contribution >= 0.6 is 23.2 Å². The fourth-order valence-corrected chi connectivity index (χ4v) is 3.87. The number of halogens is 2. The van der Waals surface area contributed by atoms with E-state index < -0.39 is 12.1 Å². The standard InChI is InChI=1S/C18H27Cl2N7O2/c1-27-4-2-11(3-5-27)29-15-12(20)8-23-9-13(15)26-18(28)14(16(21)22)17-24-6-10(19)7-25-17/h6,8,10-11,14,16,23H,2-5,7,9,21-22H2,1H3,(H,26,28)/p+2. The molecule has 160 valence electrons. The predicted molar refractivity (Wildman–Crippen MR) is 114 cm³/mol. The number of nitrogens with one attached hydrogen (secondary N) is 2. The summed E-state index contributed by atoms with van der Waals surface area (Å²) >= 11 is 12.4. The topological polar surface area (TPSA) is 136 Å². The minimum absolute atomic E-state index is 0.0484. The molecule has 0 spiro atoms. The molecule has 11 heteroatoms. The number of quaternary nitrogens is 1. The number of nitrogens with zero attached hydrogens (tertiary/aromatic N) is 2. The summed E-state index contributed by atoms with van der Waals surface area (Å²) in [7, 11) is 2.09. The number of likely N-dealkylation sites (tertiary alicyclic amines) is 1. The number of hydrogen-bond acceptors (Lipinski definition) is 6. The zero-order chi connectivity index (χ0) is 21.0. The molecule has 8 N–H and O–H groups in total. The minimum Gasteiger partial charge on any atom is -0.487 e. The lowest BCUT2D eigenvalue weighted by Crippen LogP contribution is -2.94. The average molecular weight is 446 g/mol. The molecule has 3 rings (SSSR count). The van der Waals surface area contributed by atoms with E-state index in [2.05, 4.69) is 27.2 Å². The molecule has 9 nitrogen and oxygen atoms in total. The van der Waals surface area contributed by atoms with Crippen molar-refractivity contribution in [3.8, 4) is 0 Å². The Labute approximate surface area is 180 Å². The van der Waals surface area contributed by atoms with Gasteiger partial charge in [0.15, 0.2) is 11.1 Å². The zero-order valence-electron chi connectivity index (χ0n) is 16.4. The molecule has 0 saturated carbocycles. The summed E-state index contributed by atoms with van der Waals surface area (Å²) in [5, 5.41) is 7.95. The molecule has 0 bridgehead atoms. The molecule has 3 aliphatic heterocycles. The first-order valence-electron chi connectivity index (χ1n) is 9.73. The number of amides is 1. The number of allylic oxidation sites excluding steroid dienone is 1. The predicted octanol–water partition coefficient (Wildman–Crippen LogP) is -2.31. The van der Waals surface area contributed by atoms with Crippen molar-refractivity contribution in [2.75, 3.05) is 33.2 Å². The van der Waals surface area contributed by atoms with Crippen molar-refractivity contribution in [1.29, 1.82) is 0 Å².